The molecule has 3 aromatic rings. The lowest BCUT2D eigenvalue weighted by atomic mass is 10.1. The number of carbonyl (C=O) groups is 1. The van der Waals surface area contributed by atoms with E-state index in [-0.39, 0.29) is 22.1 Å². The number of ketones is 1. The van der Waals surface area contributed by atoms with Gasteiger partial charge in [-0.3, -0.25) is 14.2 Å². The molecule has 28 heavy (non-hydrogen) atoms. The van der Waals surface area contributed by atoms with Gasteiger partial charge >= 0.3 is 0 Å². The molecule has 0 amide bonds. The number of ether oxygens (including phenoxy) is 2. The number of hydrogen-bond donors (Lipinski definition) is 0. The first-order chi connectivity index (χ1) is 13.5. The fourth-order valence-electron chi connectivity index (χ4n) is 2.54. The molecule has 0 spiro atoms. The summed E-state index contributed by atoms with van der Waals surface area (Å²) in [7, 11) is 3.02. The van der Waals surface area contributed by atoms with Crippen molar-refractivity contribution in [1.82, 2.24) is 9.55 Å². The molecule has 0 N–H and O–H groups in total. The van der Waals surface area contributed by atoms with Crippen LogP contribution in [-0.2, 0) is 0 Å². The molecule has 0 saturated heterocycles. The minimum Gasteiger partial charge on any atom is -0.497 e. The van der Waals surface area contributed by atoms with Gasteiger partial charge in [0.25, 0.3) is 5.56 Å². The molecule has 8 heteroatoms. The fourth-order valence-corrected chi connectivity index (χ4v) is 3.45. The van der Waals surface area contributed by atoms with Crippen molar-refractivity contribution in [3.05, 3.63) is 75.8 Å². The van der Waals surface area contributed by atoms with E-state index in [0.29, 0.717) is 27.8 Å². The Bertz CT molecular complexity index is 1050. The molecular formula is C20H17ClN2O4S. The quantitative estimate of drug-likeness (QED) is 0.430. The summed E-state index contributed by atoms with van der Waals surface area (Å²) in [6.45, 7) is 0. The van der Waals surface area contributed by atoms with Crippen LogP contribution in [0, 0.1) is 0 Å². The predicted molar refractivity (Wildman–Crippen MR) is 109 cm³/mol. The zero-order valence-corrected chi connectivity index (χ0v) is 16.8. The molecule has 0 fully saturated rings. The van der Waals surface area contributed by atoms with Crippen molar-refractivity contribution in [2.45, 2.75) is 5.03 Å². The van der Waals surface area contributed by atoms with Gasteiger partial charge in [0, 0.05) is 23.1 Å². The topological polar surface area (TPSA) is 70.4 Å². The standard InChI is InChI=1S/C20H17ClN2O4S/c1-26-15-7-8-18(27-2)16(11-15)17(24)12-28-19-20(25)23(10-9-22-19)14-5-3-13(21)4-6-14/h3-11H,12H2,1-2H3. The molecule has 0 aliphatic heterocycles. The first-order valence-electron chi connectivity index (χ1n) is 8.25. The number of halogens is 1. The number of benzene rings is 2. The lowest BCUT2D eigenvalue weighted by molar-refractivity contribution is 0.101. The maximum atomic E-state index is 12.7. The third-order valence-corrected chi connectivity index (χ3v) is 5.17. The number of rotatable bonds is 7. The summed E-state index contributed by atoms with van der Waals surface area (Å²) >= 11 is 6.98. The Hall–Kier alpha value is -2.77. The summed E-state index contributed by atoms with van der Waals surface area (Å²) in [5.41, 5.74) is 0.753. The van der Waals surface area contributed by atoms with Gasteiger partial charge in [-0.1, -0.05) is 23.4 Å². The third-order valence-electron chi connectivity index (χ3n) is 3.96. The highest BCUT2D eigenvalue weighted by atomic mass is 35.5. The molecule has 0 atom stereocenters. The summed E-state index contributed by atoms with van der Waals surface area (Å²) in [6.07, 6.45) is 3.09. The van der Waals surface area contributed by atoms with Crippen LogP contribution in [0.5, 0.6) is 11.5 Å². The Labute approximate surface area is 171 Å². The lowest BCUT2D eigenvalue weighted by Gasteiger charge is -2.10. The van der Waals surface area contributed by atoms with Gasteiger partial charge in [-0.05, 0) is 42.5 Å². The number of hydrogen-bond acceptors (Lipinski definition) is 6. The molecule has 0 unspecified atom stereocenters. The molecule has 0 aliphatic carbocycles. The van der Waals surface area contributed by atoms with Gasteiger partial charge in [-0.15, -0.1) is 0 Å². The second-order valence-corrected chi connectivity index (χ2v) is 7.06. The molecule has 2 aromatic carbocycles. The van der Waals surface area contributed by atoms with E-state index in [0.717, 1.165) is 11.8 Å². The molecular weight excluding hydrogens is 400 g/mol. The van der Waals surface area contributed by atoms with Crippen LogP contribution in [0.4, 0.5) is 0 Å². The van der Waals surface area contributed by atoms with Crippen molar-refractivity contribution < 1.29 is 14.3 Å². The number of aromatic nitrogens is 2. The molecule has 1 heterocycles. The zero-order valence-electron chi connectivity index (χ0n) is 15.2. The van der Waals surface area contributed by atoms with E-state index >= 15 is 0 Å². The van der Waals surface area contributed by atoms with Gasteiger partial charge in [-0.2, -0.15) is 0 Å². The fraction of sp³-hybridized carbons (Fsp3) is 0.150. The monoisotopic (exact) mass is 416 g/mol. The van der Waals surface area contributed by atoms with E-state index in [9.17, 15) is 9.59 Å². The van der Waals surface area contributed by atoms with E-state index in [1.165, 1.54) is 25.0 Å². The number of methoxy groups -OCH3 is 2. The number of carbonyl (C=O) groups excluding carboxylic acids is 1. The Kier molecular flexibility index (Phi) is 6.38. The normalized spacial score (nSPS) is 10.5. The van der Waals surface area contributed by atoms with Crippen LogP contribution in [0.2, 0.25) is 5.02 Å². The smallest absolute Gasteiger partial charge is 0.287 e. The average molecular weight is 417 g/mol. The third kappa shape index (κ3) is 4.37. The second kappa shape index (κ2) is 8.95. The average Bonchev–Trinajstić information content (AvgIpc) is 2.73. The second-order valence-electron chi connectivity index (χ2n) is 5.66. The van der Waals surface area contributed by atoms with Crippen molar-refractivity contribution in [2.75, 3.05) is 20.0 Å². The van der Waals surface area contributed by atoms with Gasteiger partial charge in [0.05, 0.1) is 25.5 Å². The highest BCUT2D eigenvalue weighted by Gasteiger charge is 2.16. The Morgan fingerprint density at radius 2 is 1.89 bits per heavy atom. The van der Waals surface area contributed by atoms with E-state index in [1.807, 2.05) is 0 Å². The van der Waals surface area contributed by atoms with Crippen LogP contribution in [0.1, 0.15) is 10.4 Å². The minimum atomic E-state index is -0.305. The summed E-state index contributed by atoms with van der Waals surface area (Å²) in [5.74, 6) is 0.850. The van der Waals surface area contributed by atoms with Crippen LogP contribution in [0.15, 0.2) is 64.7 Å². The van der Waals surface area contributed by atoms with Gasteiger partial charge < -0.3 is 9.47 Å². The largest absolute Gasteiger partial charge is 0.497 e. The Morgan fingerprint density at radius 3 is 2.57 bits per heavy atom. The summed E-state index contributed by atoms with van der Waals surface area (Å²) in [5, 5.41) is 0.811. The van der Waals surface area contributed by atoms with Crippen molar-refractivity contribution in [1.29, 1.82) is 0 Å². The molecule has 0 radical (unpaired) electrons. The summed E-state index contributed by atoms with van der Waals surface area (Å²) < 4.78 is 11.9. The number of Topliss-reactive ketones (excluding diaryl/α,β-unsaturated/α-hetero) is 1. The van der Waals surface area contributed by atoms with Crippen LogP contribution in [-0.4, -0.2) is 35.3 Å². The van der Waals surface area contributed by atoms with Crippen LogP contribution in [0.3, 0.4) is 0 Å². The minimum absolute atomic E-state index is 0.0381. The van der Waals surface area contributed by atoms with Crippen LogP contribution in [0.25, 0.3) is 5.69 Å². The highest BCUT2D eigenvalue weighted by molar-refractivity contribution is 7.99. The molecule has 0 aliphatic rings. The van der Waals surface area contributed by atoms with E-state index in [4.69, 9.17) is 21.1 Å². The molecule has 0 saturated carbocycles. The molecule has 6 nitrogen and oxygen atoms in total. The Morgan fingerprint density at radius 1 is 1.14 bits per heavy atom. The summed E-state index contributed by atoms with van der Waals surface area (Å²) in [6, 6.07) is 11.9. The molecule has 144 valence electrons. The van der Waals surface area contributed by atoms with E-state index in [1.54, 1.807) is 48.7 Å². The van der Waals surface area contributed by atoms with Crippen LogP contribution >= 0.6 is 23.4 Å². The van der Waals surface area contributed by atoms with Crippen molar-refractivity contribution in [2.24, 2.45) is 0 Å². The maximum absolute atomic E-state index is 12.7. The highest BCUT2D eigenvalue weighted by Crippen LogP contribution is 2.26. The molecule has 3 rings (SSSR count). The van der Waals surface area contributed by atoms with Crippen molar-refractivity contribution >= 4 is 29.1 Å². The predicted octanol–water partition coefficient (Wildman–Crippen LogP) is 3.88. The van der Waals surface area contributed by atoms with Gasteiger partial charge in [-0.25, -0.2) is 4.98 Å². The SMILES string of the molecule is COc1ccc(OC)c(C(=O)CSc2nccn(-c3ccc(Cl)cc3)c2=O)c1. The number of thioether (sulfide) groups is 1. The van der Waals surface area contributed by atoms with E-state index < -0.39 is 0 Å². The number of nitrogens with zero attached hydrogens (tertiary/aromatic N) is 2. The maximum Gasteiger partial charge on any atom is 0.287 e. The zero-order chi connectivity index (χ0) is 20.1. The van der Waals surface area contributed by atoms with E-state index in [2.05, 4.69) is 4.98 Å². The van der Waals surface area contributed by atoms with Gasteiger partial charge in [0.1, 0.15) is 11.5 Å². The summed E-state index contributed by atoms with van der Waals surface area (Å²) in [4.78, 5) is 29.5. The van der Waals surface area contributed by atoms with Crippen molar-refractivity contribution in [3.63, 3.8) is 0 Å². The lowest BCUT2D eigenvalue weighted by Crippen LogP contribution is -2.21. The van der Waals surface area contributed by atoms with Crippen LogP contribution < -0.4 is 15.0 Å². The molecule has 1 aromatic heterocycles. The van der Waals surface area contributed by atoms with Gasteiger partial charge in [0.2, 0.25) is 0 Å². The Balaban J connectivity index is 1.82. The van der Waals surface area contributed by atoms with Crippen molar-refractivity contribution in [3.8, 4) is 17.2 Å². The first kappa shape index (κ1) is 20.0. The van der Waals surface area contributed by atoms with Gasteiger partial charge in [0.15, 0.2) is 10.8 Å². The molecule has 0 bridgehead atoms. The first-order valence-corrected chi connectivity index (χ1v) is 9.61.